The van der Waals surface area contributed by atoms with Crippen molar-refractivity contribution in [3.8, 4) is 0 Å². The van der Waals surface area contributed by atoms with Crippen LogP contribution in [0, 0.1) is 0 Å². The Morgan fingerprint density at radius 2 is 2.14 bits per heavy atom. The summed E-state index contributed by atoms with van der Waals surface area (Å²) in [6, 6.07) is 9.54. The molecular formula is C14H16N4O2S. The summed E-state index contributed by atoms with van der Waals surface area (Å²) in [7, 11) is 0. The van der Waals surface area contributed by atoms with Crippen LogP contribution in [0.1, 0.15) is 29.2 Å². The van der Waals surface area contributed by atoms with Crippen LogP contribution in [0.5, 0.6) is 0 Å². The average Bonchev–Trinajstić information content (AvgIpc) is 2.88. The van der Waals surface area contributed by atoms with Gasteiger partial charge in [0.2, 0.25) is 0 Å². The smallest absolute Gasteiger partial charge is 0.360 e. The van der Waals surface area contributed by atoms with E-state index in [1.807, 2.05) is 30.3 Å². The first-order chi connectivity index (χ1) is 10.1. The molecule has 1 heterocycles. The van der Waals surface area contributed by atoms with Crippen LogP contribution < -0.4 is 11.2 Å². The van der Waals surface area contributed by atoms with Crippen LogP contribution in [0.4, 0.5) is 11.4 Å². The minimum Gasteiger partial charge on any atom is -0.461 e. The van der Waals surface area contributed by atoms with E-state index in [1.165, 1.54) is 0 Å². The second kappa shape index (κ2) is 6.85. The molecule has 0 atom stereocenters. The second-order valence-corrected chi connectivity index (χ2v) is 4.94. The summed E-state index contributed by atoms with van der Waals surface area (Å²) in [6.45, 7) is 3.82. The number of benzene rings is 1. The highest BCUT2D eigenvalue weighted by molar-refractivity contribution is 7.09. The van der Waals surface area contributed by atoms with Gasteiger partial charge in [-0.2, -0.15) is 9.47 Å². The molecule has 0 bridgehead atoms. The summed E-state index contributed by atoms with van der Waals surface area (Å²) >= 11 is 1.13. The minimum absolute atomic E-state index is 0.145. The molecule has 0 fully saturated rings. The van der Waals surface area contributed by atoms with Crippen molar-refractivity contribution in [3.63, 3.8) is 0 Å². The van der Waals surface area contributed by atoms with Crippen LogP contribution in [0.25, 0.3) is 0 Å². The summed E-state index contributed by atoms with van der Waals surface area (Å²) in [6.07, 6.45) is 0. The number of esters is 1. The highest BCUT2D eigenvalue weighted by Crippen LogP contribution is 2.23. The van der Waals surface area contributed by atoms with Gasteiger partial charge in [0, 0.05) is 0 Å². The molecule has 0 saturated heterocycles. The SMILES string of the molecule is CCOC(=O)c1nsc(/C(C)=N/Nc2ccccc2)c1N. The van der Waals surface area contributed by atoms with E-state index in [0.717, 1.165) is 17.2 Å². The van der Waals surface area contributed by atoms with Crippen molar-refractivity contribution < 1.29 is 9.53 Å². The highest BCUT2D eigenvalue weighted by Gasteiger charge is 2.20. The Hall–Kier alpha value is -2.41. The molecule has 0 spiro atoms. The standard InChI is InChI=1S/C14H16N4O2S/c1-3-20-14(19)12-11(15)13(21-18-12)9(2)16-17-10-7-5-4-6-8-10/h4-8,17H,3,15H2,1-2H3/b16-9+. The van der Waals surface area contributed by atoms with Crippen molar-refractivity contribution in [2.75, 3.05) is 17.8 Å². The van der Waals surface area contributed by atoms with Crippen molar-refractivity contribution >= 4 is 34.6 Å². The van der Waals surface area contributed by atoms with Crippen LogP contribution >= 0.6 is 11.5 Å². The Bertz CT molecular complexity index is 652. The third-order valence-corrected chi connectivity index (χ3v) is 3.62. The first-order valence-corrected chi connectivity index (χ1v) is 7.18. The van der Waals surface area contributed by atoms with Crippen molar-refractivity contribution in [1.82, 2.24) is 4.37 Å². The lowest BCUT2D eigenvalue weighted by atomic mass is 10.2. The molecule has 2 rings (SSSR count). The molecule has 1 aromatic heterocycles. The lowest BCUT2D eigenvalue weighted by Gasteiger charge is -2.03. The Morgan fingerprint density at radius 1 is 1.43 bits per heavy atom. The van der Waals surface area contributed by atoms with Crippen molar-refractivity contribution in [2.45, 2.75) is 13.8 Å². The van der Waals surface area contributed by atoms with Gasteiger partial charge in [0.05, 0.1) is 28.6 Å². The molecule has 2 aromatic rings. The first kappa shape index (κ1) is 15.0. The van der Waals surface area contributed by atoms with E-state index in [9.17, 15) is 4.79 Å². The zero-order valence-corrected chi connectivity index (χ0v) is 12.6. The third-order valence-electron chi connectivity index (χ3n) is 2.65. The van der Waals surface area contributed by atoms with Gasteiger partial charge in [-0.3, -0.25) is 5.43 Å². The van der Waals surface area contributed by atoms with Crippen molar-refractivity contribution in [2.24, 2.45) is 5.10 Å². The fourth-order valence-corrected chi connectivity index (χ4v) is 2.34. The molecule has 7 heteroatoms. The molecule has 0 radical (unpaired) electrons. The molecule has 3 N–H and O–H groups in total. The fourth-order valence-electron chi connectivity index (χ4n) is 1.62. The van der Waals surface area contributed by atoms with Gasteiger partial charge in [0.1, 0.15) is 0 Å². The van der Waals surface area contributed by atoms with E-state index >= 15 is 0 Å². The Morgan fingerprint density at radius 3 is 2.81 bits per heavy atom. The molecule has 0 saturated carbocycles. The quantitative estimate of drug-likeness (QED) is 0.503. The predicted octanol–water partition coefficient (Wildman–Crippen LogP) is 2.74. The number of hydrogen-bond donors (Lipinski definition) is 2. The van der Waals surface area contributed by atoms with Crippen LogP contribution in [0.2, 0.25) is 0 Å². The molecule has 0 unspecified atom stereocenters. The maximum atomic E-state index is 11.7. The van der Waals surface area contributed by atoms with Crippen molar-refractivity contribution in [3.05, 3.63) is 40.9 Å². The number of rotatable bonds is 5. The van der Waals surface area contributed by atoms with E-state index in [1.54, 1.807) is 13.8 Å². The van der Waals surface area contributed by atoms with Gasteiger partial charge in [-0.05, 0) is 37.5 Å². The van der Waals surface area contributed by atoms with E-state index in [2.05, 4.69) is 14.9 Å². The van der Waals surface area contributed by atoms with Gasteiger partial charge in [-0.25, -0.2) is 4.79 Å². The Labute approximate surface area is 126 Å². The largest absolute Gasteiger partial charge is 0.461 e. The van der Waals surface area contributed by atoms with Gasteiger partial charge in [-0.15, -0.1) is 0 Å². The lowest BCUT2D eigenvalue weighted by molar-refractivity contribution is 0.0522. The number of carbonyl (C=O) groups is 1. The molecule has 0 amide bonds. The molecule has 0 aliphatic carbocycles. The lowest BCUT2D eigenvalue weighted by Crippen LogP contribution is -2.09. The number of nitrogens with zero attached hydrogens (tertiary/aromatic N) is 2. The average molecular weight is 304 g/mol. The Kier molecular flexibility index (Phi) is 4.89. The zero-order chi connectivity index (χ0) is 15.2. The van der Waals surface area contributed by atoms with Crippen molar-refractivity contribution in [1.29, 1.82) is 0 Å². The predicted molar refractivity (Wildman–Crippen MR) is 84.8 cm³/mol. The number of nitrogens with one attached hydrogen (secondary N) is 1. The number of para-hydroxylation sites is 1. The minimum atomic E-state index is -0.513. The topological polar surface area (TPSA) is 89.6 Å². The number of ether oxygens (including phenoxy) is 1. The molecular weight excluding hydrogens is 288 g/mol. The number of hydrazone groups is 1. The summed E-state index contributed by atoms with van der Waals surface area (Å²) in [5.74, 6) is -0.513. The Balaban J connectivity index is 2.16. The molecule has 6 nitrogen and oxygen atoms in total. The van der Waals surface area contributed by atoms with Gasteiger partial charge < -0.3 is 10.5 Å². The molecule has 0 aliphatic rings. The van der Waals surface area contributed by atoms with Crippen LogP contribution in [-0.2, 0) is 4.74 Å². The monoisotopic (exact) mass is 304 g/mol. The van der Waals surface area contributed by atoms with Gasteiger partial charge in [-0.1, -0.05) is 18.2 Å². The van der Waals surface area contributed by atoms with Gasteiger partial charge in [0.25, 0.3) is 0 Å². The molecule has 0 aliphatic heterocycles. The number of hydrogen-bond acceptors (Lipinski definition) is 7. The van der Waals surface area contributed by atoms with E-state index < -0.39 is 5.97 Å². The molecule has 1 aromatic carbocycles. The highest BCUT2D eigenvalue weighted by atomic mass is 32.1. The maximum Gasteiger partial charge on any atom is 0.360 e. The van der Waals surface area contributed by atoms with Crippen LogP contribution in [-0.4, -0.2) is 22.7 Å². The summed E-state index contributed by atoms with van der Waals surface area (Å²) in [4.78, 5) is 12.3. The zero-order valence-electron chi connectivity index (χ0n) is 11.8. The maximum absolute atomic E-state index is 11.7. The first-order valence-electron chi connectivity index (χ1n) is 6.41. The fraction of sp³-hybridized carbons (Fsp3) is 0.214. The number of carbonyl (C=O) groups excluding carboxylic acids is 1. The van der Waals surface area contributed by atoms with Gasteiger partial charge in [0.15, 0.2) is 5.69 Å². The second-order valence-electron chi connectivity index (χ2n) is 4.17. The summed E-state index contributed by atoms with van der Waals surface area (Å²) < 4.78 is 8.94. The molecule has 110 valence electrons. The van der Waals surface area contributed by atoms with Crippen LogP contribution in [0.3, 0.4) is 0 Å². The van der Waals surface area contributed by atoms with Gasteiger partial charge >= 0.3 is 5.97 Å². The van der Waals surface area contributed by atoms with E-state index in [0.29, 0.717) is 16.3 Å². The third kappa shape index (κ3) is 3.57. The molecule has 21 heavy (non-hydrogen) atoms. The van der Waals surface area contributed by atoms with E-state index in [4.69, 9.17) is 10.5 Å². The number of anilines is 2. The summed E-state index contributed by atoms with van der Waals surface area (Å²) in [5, 5.41) is 4.25. The van der Waals surface area contributed by atoms with Crippen LogP contribution in [0.15, 0.2) is 35.4 Å². The number of nitrogens with two attached hydrogens (primary N) is 1. The normalized spacial score (nSPS) is 11.2. The number of aromatic nitrogens is 1. The van der Waals surface area contributed by atoms with E-state index in [-0.39, 0.29) is 12.3 Å². The number of nitrogen functional groups attached to an aromatic ring is 1. The summed E-state index contributed by atoms with van der Waals surface area (Å²) in [5.41, 5.74) is 10.8.